The lowest BCUT2D eigenvalue weighted by molar-refractivity contribution is -0.137. The normalized spacial score (nSPS) is 16.7. The molecule has 67 heavy (non-hydrogen) atoms. The number of anilines is 5. The molecule has 1 saturated heterocycles. The van der Waals surface area contributed by atoms with E-state index in [0.29, 0.717) is 89.6 Å². The second-order valence-electron chi connectivity index (χ2n) is 16.1. The van der Waals surface area contributed by atoms with E-state index < -0.39 is 11.9 Å². The van der Waals surface area contributed by atoms with Crippen molar-refractivity contribution in [1.82, 2.24) is 45.8 Å². The molecule has 2 atom stereocenters. The van der Waals surface area contributed by atoms with E-state index in [9.17, 15) is 28.8 Å². The first kappa shape index (κ1) is 46.2. The first-order valence-corrected chi connectivity index (χ1v) is 22.7. The Labute approximate surface area is 389 Å². The Morgan fingerprint density at radius 3 is 2.67 bits per heavy atom. The number of amides is 6. The molecule has 350 valence electrons. The molecule has 0 aliphatic carbocycles. The van der Waals surface area contributed by atoms with E-state index in [4.69, 9.17) is 14.5 Å². The van der Waals surface area contributed by atoms with Gasteiger partial charge in [-0.3, -0.25) is 38.8 Å². The number of benzene rings is 2. The van der Waals surface area contributed by atoms with Gasteiger partial charge in [0.05, 0.1) is 51.4 Å². The first-order chi connectivity index (χ1) is 32.4. The highest BCUT2D eigenvalue weighted by Crippen LogP contribution is 2.38. The van der Waals surface area contributed by atoms with E-state index in [1.807, 2.05) is 11.8 Å². The molecule has 3 aromatic heterocycles. The fourth-order valence-corrected chi connectivity index (χ4v) is 9.08. The molecule has 1 unspecified atom stereocenters. The van der Waals surface area contributed by atoms with Crippen molar-refractivity contribution >= 4 is 75.6 Å². The molecule has 0 radical (unpaired) electrons. The van der Waals surface area contributed by atoms with Crippen LogP contribution in [0.25, 0.3) is 0 Å². The summed E-state index contributed by atoms with van der Waals surface area (Å²) in [6.07, 6.45) is 4.39. The number of carbonyl (C=O) groups is 6. The fraction of sp³-hybridized carbons (Fsp3) is 0.378. The van der Waals surface area contributed by atoms with Crippen LogP contribution < -0.4 is 41.1 Å². The van der Waals surface area contributed by atoms with Crippen molar-refractivity contribution in [3.63, 3.8) is 0 Å². The van der Waals surface area contributed by atoms with Crippen LogP contribution in [0.2, 0.25) is 0 Å². The number of imide groups is 1. The Morgan fingerprint density at radius 1 is 1.04 bits per heavy atom. The molecule has 3 aliphatic heterocycles. The predicted octanol–water partition coefficient (Wildman–Crippen LogP) is 2.89. The van der Waals surface area contributed by atoms with Gasteiger partial charge in [-0.1, -0.05) is 18.2 Å². The Hall–Kier alpha value is -7.30. The van der Waals surface area contributed by atoms with Crippen LogP contribution in [-0.2, 0) is 50.1 Å². The second-order valence-corrected chi connectivity index (χ2v) is 17.5. The molecule has 0 saturated carbocycles. The van der Waals surface area contributed by atoms with Crippen molar-refractivity contribution in [2.24, 2.45) is 0 Å². The number of fused-ring (bicyclic) bond motifs is 2. The summed E-state index contributed by atoms with van der Waals surface area (Å²) in [5.41, 5.74) is 3.58. The van der Waals surface area contributed by atoms with Crippen molar-refractivity contribution in [1.29, 1.82) is 0 Å². The number of nitrogens with zero attached hydrogens (tertiary/aromatic N) is 8. The molecule has 2 aromatic carbocycles. The van der Waals surface area contributed by atoms with Gasteiger partial charge in [-0.25, -0.2) is 4.98 Å². The maximum atomic E-state index is 13.3. The molecule has 6 heterocycles. The molecular weight excluding hydrogens is 883 g/mol. The van der Waals surface area contributed by atoms with Gasteiger partial charge in [0.2, 0.25) is 29.6 Å². The van der Waals surface area contributed by atoms with Gasteiger partial charge in [-0.05, 0) is 62.2 Å². The van der Waals surface area contributed by atoms with Crippen LogP contribution in [-0.4, -0.2) is 118 Å². The van der Waals surface area contributed by atoms with Gasteiger partial charge < -0.3 is 45.4 Å². The Balaban J connectivity index is 0.761. The molecule has 0 spiro atoms. The number of methoxy groups -OCH3 is 1. The molecular formula is C45H51N13O8S. The third-order valence-corrected chi connectivity index (χ3v) is 12.6. The van der Waals surface area contributed by atoms with Crippen molar-refractivity contribution in [2.75, 3.05) is 60.9 Å². The Kier molecular flexibility index (Phi) is 14.1. The van der Waals surface area contributed by atoms with Gasteiger partial charge in [-0.2, -0.15) is 4.98 Å². The summed E-state index contributed by atoms with van der Waals surface area (Å²) < 4.78 is 12.9. The monoisotopic (exact) mass is 933 g/mol. The molecule has 5 N–H and O–H groups in total. The zero-order valence-electron chi connectivity index (χ0n) is 37.5. The molecule has 1 fully saturated rings. The van der Waals surface area contributed by atoms with E-state index in [0.717, 1.165) is 4.88 Å². The minimum atomic E-state index is -0.750. The predicted molar refractivity (Wildman–Crippen MR) is 247 cm³/mol. The Bertz CT molecular complexity index is 2710. The number of carbonyl (C=O) groups excluding carboxylic acids is 6. The molecule has 6 amide bonds. The van der Waals surface area contributed by atoms with Crippen LogP contribution in [0.15, 0.2) is 60.9 Å². The summed E-state index contributed by atoms with van der Waals surface area (Å²) >= 11 is 1.69. The smallest absolute Gasteiger partial charge is 0.255 e. The Morgan fingerprint density at radius 2 is 1.90 bits per heavy atom. The fourth-order valence-electron chi connectivity index (χ4n) is 8.19. The number of hydrogen-bond donors (Lipinski definition) is 5. The van der Waals surface area contributed by atoms with Gasteiger partial charge in [0.25, 0.3) is 11.8 Å². The van der Waals surface area contributed by atoms with Crippen molar-refractivity contribution in [3.8, 4) is 5.75 Å². The number of hydrogen-bond acceptors (Lipinski definition) is 16. The quantitative estimate of drug-likeness (QED) is 0.0590. The summed E-state index contributed by atoms with van der Waals surface area (Å²) in [6.45, 7) is 6.42. The van der Waals surface area contributed by atoms with E-state index >= 15 is 0 Å². The number of likely N-dealkylation sites (N-methyl/N-ethyl adjacent to an activating group) is 1. The van der Waals surface area contributed by atoms with E-state index in [1.54, 1.807) is 76.8 Å². The van der Waals surface area contributed by atoms with Crippen LogP contribution in [0, 0.1) is 6.92 Å². The van der Waals surface area contributed by atoms with E-state index in [2.05, 4.69) is 60.9 Å². The summed E-state index contributed by atoms with van der Waals surface area (Å²) in [6, 6.07) is 13.0. The second kappa shape index (κ2) is 20.5. The van der Waals surface area contributed by atoms with Gasteiger partial charge >= 0.3 is 0 Å². The third kappa shape index (κ3) is 10.4. The standard InChI is InChI=1S/C45H51N13O8S/c1-5-34-44(64)55(3)36-21-48-45(52-40(36)57(34)23-29-11-9-26(2)67-29)50-33-12-10-27(19-37(33)65-4)41(61)47-20-28-22-56(54-53-28)17-15-46-16-18-66-25-39(60)49-32-8-6-7-30-31(32)24-58(43(30)63)35-13-14-38(59)51-42(35)62/h6-12,19,21-22,34-35,46H,5,13-18,20,23-25H2,1-4H3,(H,47,61)(H,49,60)(H,48,50,52)(H,51,59,62)/t34-,35?/m1/s1. The molecule has 22 heteroatoms. The van der Waals surface area contributed by atoms with Gasteiger partial charge in [0.1, 0.15) is 35.8 Å². The highest BCUT2D eigenvalue weighted by atomic mass is 32.1. The summed E-state index contributed by atoms with van der Waals surface area (Å²) in [4.78, 5) is 93.1. The maximum Gasteiger partial charge on any atom is 0.255 e. The molecule has 0 bridgehead atoms. The lowest BCUT2D eigenvalue weighted by Crippen LogP contribution is -2.52. The molecule has 3 aliphatic rings. The van der Waals surface area contributed by atoms with Crippen molar-refractivity contribution in [2.45, 2.75) is 71.4 Å². The number of aromatic nitrogens is 5. The minimum absolute atomic E-state index is 0.0118. The number of rotatable bonds is 19. The highest BCUT2D eigenvalue weighted by molar-refractivity contribution is 7.11. The third-order valence-electron chi connectivity index (χ3n) is 11.6. The largest absolute Gasteiger partial charge is 0.495 e. The van der Waals surface area contributed by atoms with Crippen LogP contribution >= 0.6 is 11.3 Å². The summed E-state index contributed by atoms with van der Waals surface area (Å²) in [5.74, 6) is -0.563. The lowest BCUT2D eigenvalue weighted by atomic mass is 10.0. The summed E-state index contributed by atoms with van der Waals surface area (Å²) in [5, 5.41) is 22.8. The zero-order valence-corrected chi connectivity index (χ0v) is 38.3. The van der Waals surface area contributed by atoms with Crippen LogP contribution in [0.5, 0.6) is 5.75 Å². The maximum absolute atomic E-state index is 13.3. The molecule has 5 aromatic rings. The number of nitrogens with one attached hydrogen (secondary N) is 5. The zero-order chi connectivity index (χ0) is 47.2. The number of piperidine rings is 1. The van der Waals surface area contributed by atoms with Gasteiger partial charge in [0.15, 0.2) is 5.82 Å². The first-order valence-electron chi connectivity index (χ1n) is 21.8. The van der Waals surface area contributed by atoms with Crippen molar-refractivity contribution in [3.05, 3.63) is 93.1 Å². The topological polar surface area (TPSA) is 247 Å². The average molecular weight is 934 g/mol. The molecule has 8 rings (SSSR count). The molecule has 21 nitrogen and oxygen atoms in total. The van der Waals surface area contributed by atoms with Gasteiger partial charge in [0, 0.05) is 65.2 Å². The van der Waals surface area contributed by atoms with Crippen LogP contribution in [0.1, 0.15) is 67.9 Å². The van der Waals surface area contributed by atoms with Crippen LogP contribution in [0.3, 0.4) is 0 Å². The SMILES string of the molecule is CC[C@@H]1C(=O)N(C)c2cnc(Nc3ccc(C(=O)NCc4cn(CCNCCOCC(=O)Nc5cccc6c5CN(C5CCC(=O)NC5=O)C6=O)nn4)cc3OC)nc2N1Cc1ccc(C)s1. The lowest BCUT2D eigenvalue weighted by Gasteiger charge is -2.40. The van der Waals surface area contributed by atoms with E-state index in [-0.39, 0.29) is 74.7 Å². The number of thiophene rings is 1. The van der Waals surface area contributed by atoms with Crippen molar-refractivity contribution < 1.29 is 38.2 Å². The van der Waals surface area contributed by atoms with Gasteiger partial charge in [-0.15, -0.1) is 16.4 Å². The highest BCUT2D eigenvalue weighted by Gasteiger charge is 2.40. The minimum Gasteiger partial charge on any atom is -0.495 e. The number of ether oxygens (including phenoxy) is 2. The number of aryl methyl sites for hydroxylation is 1. The summed E-state index contributed by atoms with van der Waals surface area (Å²) in [7, 11) is 3.25. The van der Waals surface area contributed by atoms with Crippen LogP contribution in [0.4, 0.5) is 28.8 Å². The average Bonchev–Trinajstić information content (AvgIpc) is 4.05. The van der Waals surface area contributed by atoms with E-state index in [1.165, 1.54) is 16.9 Å².